The zero-order valence-electron chi connectivity index (χ0n) is 27.4. The quantitative estimate of drug-likeness (QED) is 0.188. The van der Waals surface area contributed by atoms with Crippen LogP contribution < -0.4 is 0 Å². The number of fused-ring (bicyclic) bond motifs is 10. The molecule has 10 rings (SSSR count). The topological polar surface area (TPSA) is 25.8 Å². The molecule has 0 N–H and O–H groups in total. The molecule has 50 heavy (non-hydrogen) atoms. The van der Waals surface area contributed by atoms with Gasteiger partial charge < -0.3 is 0 Å². The van der Waals surface area contributed by atoms with Gasteiger partial charge in [0.2, 0.25) is 0 Å². The predicted molar refractivity (Wildman–Crippen MR) is 204 cm³/mol. The van der Waals surface area contributed by atoms with E-state index in [1.807, 2.05) is 6.07 Å². The molecule has 1 heterocycles. The zero-order valence-corrected chi connectivity index (χ0v) is 27.4. The van der Waals surface area contributed by atoms with Crippen LogP contribution in [0.4, 0.5) is 0 Å². The number of rotatable bonds is 5. The summed E-state index contributed by atoms with van der Waals surface area (Å²) < 4.78 is 0. The van der Waals surface area contributed by atoms with Crippen molar-refractivity contribution in [3.63, 3.8) is 0 Å². The van der Waals surface area contributed by atoms with Gasteiger partial charge in [0.25, 0.3) is 0 Å². The molecule has 1 atom stereocenters. The van der Waals surface area contributed by atoms with Crippen molar-refractivity contribution in [1.82, 2.24) is 9.97 Å². The van der Waals surface area contributed by atoms with Gasteiger partial charge >= 0.3 is 0 Å². The highest BCUT2D eigenvalue weighted by Crippen LogP contribution is 2.63. The molecule has 2 heteroatoms. The molecule has 1 spiro atoms. The number of nitrogens with zero attached hydrogens (tertiary/aromatic N) is 2. The summed E-state index contributed by atoms with van der Waals surface area (Å²) in [7, 11) is 0. The summed E-state index contributed by atoms with van der Waals surface area (Å²) in [5.74, 6) is 0.742. The molecule has 0 saturated heterocycles. The smallest absolute Gasteiger partial charge is 0.160 e. The maximum atomic E-state index is 5.60. The van der Waals surface area contributed by atoms with Gasteiger partial charge in [0.15, 0.2) is 5.82 Å². The lowest BCUT2D eigenvalue weighted by molar-refractivity contribution is 0.758. The number of benzene rings is 7. The summed E-state index contributed by atoms with van der Waals surface area (Å²) in [5.41, 5.74) is 17.2. The maximum Gasteiger partial charge on any atom is 0.160 e. The Morgan fingerprint density at radius 3 is 1.64 bits per heavy atom. The normalized spacial score (nSPS) is 15.0. The summed E-state index contributed by atoms with van der Waals surface area (Å²) in [5, 5.41) is 0. The van der Waals surface area contributed by atoms with Crippen LogP contribution in [0.5, 0.6) is 0 Å². The Bertz CT molecular complexity index is 2540. The minimum atomic E-state index is -0.600. The van der Waals surface area contributed by atoms with Crippen molar-refractivity contribution in [2.24, 2.45) is 0 Å². The van der Waals surface area contributed by atoms with E-state index < -0.39 is 5.41 Å². The maximum absolute atomic E-state index is 5.60. The predicted octanol–water partition coefficient (Wildman–Crippen LogP) is 11.4. The molecule has 0 saturated carbocycles. The molecular weight excluding hydrogens is 605 g/mol. The average Bonchev–Trinajstić information content (AvgIpc) is 3.66. The molecule has 8 aromatic rings. The van der Waals surface area contributed by atoms with Crippen molar-refractivity contribution in [3.8, 4) is 56.0 Å². The third kappa shape index (κ3) is 4.28. The summed E-state index contributed by atoms with van der Waals surface area (Å²) in [6.07, 6.45) is 0.921. The van der Waals surface area contributed by atoms with Crippen molar-refractivity contribution in [2.45, 2.75) is 11.8 Å². The second-order valence-electron chi connectivity index (χ2n) is 13.3. The Kier molecular flexibility index (Phi) is 6.50. The van der Waals surface area contributed by atoms with Gasteiger partial charge in [-0.25, -0.2) is 9.97 Å². The number of hydrogen-bond acceptors (Lipinski definition) is 2. The Morgan fingerprint density at radius 1 is 0.380 bits per heavy atom. The Hall–Kier alpha value is -6.38. The van der Waals surface area contributed by atoms with Crippen molar-refractivity contribution < 1.29 is 0 Å². The van der Waals surface area contributed by atoms with Crippen LogP contribution in [0.1, 0.15) is 33.5 Å². The van der Waals surface area contributed by atoms with Gasteiger partial charge in [-0.1, -0.05) is 176 Å². The van der Waals surface area contributed by atoms with E-state index >= 15 is 0 Å². The van der Waals surface area contributed by atoms with E-state index in [1.54, 1.807) is 0 Å². The van der Waals surface area contributed by atoms with E-state index in [9.17, 15) is 0 Å². The first kappa shape index (κ1) is 28.6. The van der Waals surface area contributed by atoms with Crippen molar-refractivity contribution in [3.05, 3.63) is 216 Å². The lowest BCUT2D eigenvalue weighted by Gasteiger charge is -2.30. The highest BCUT2D eigenvalue weighted by Gasteiger charge is 2.54. The highest BCUT2D eigenvalue weighted by atomic mass is 14.9. The standard InChI is InChI=1S/C48H32N2/c1-4-14-32(15-5-1)30-33-24-26-34(27-25-33)37-28-29-39-38-20-10-12-22-41(38)48(43(39)31-37)42-23-13-11-21-40(42)44-45(35-16-6-2-7-17-35)49-47(50-46(44)48)36-18-8-3-9-19-36/h1-29,31H,30H2. The summed E-state index contributed by atoms with van der Waals surface area (Å²) >= 11 is 0. The van der Waals surface area contributed by atoms with Gasteiger partial charge in [-0.3, -0.25) is 0 Å². The average molecular weight is 637 g/mol. The van der Waals surface area contributed by atoms with Gasteiger partial charge in [-0.15, -0.1) is 0 Å². The fourth-order valence-corrected chi connectivity index (χ4v) is 8.32. The molecule has 0 amide bonds. The first-order valence-corrected chi connectivity index (χ1v) is 17.3. The van der Waals surface area contributed by atoms with Gasteiger partial charge in [0.1, 0.15) is 0 Å². The van der Waals surface area contributed by atoms with Gasteiger partial charge in [0, 0.05) is 16.7 Å². The molecule has 1 unspecified atom stereocenters. The van der Waals surface area contributed by atoms with Crippen LogP contribution >= 0.6 is 0 Å². The molecule has 2 aliphatic rings. The van der Waals surface area contributed by atoms with Crippen LogP contribution in [0.3, 0.4) is 0 Å². The van der Waals surface area contributed by atoms with E-state index in [-0.39, 0.29) is 0 Å². The van der Waals surface area contributed by atoms with Crippen LogP contribution in [0.25, 0.3) is 56.0 Å². The van der Waals surface area contributed by atoms with E-state index in [0.717, 1.165) is 40.3 Å². The first-order valence-electron chi connectivity index (χ1n) is 17.3. The highest BCUT2D eigenvalue weighted by molar-refractivity contribution is 5.99. The molecule has 7 aromatic carbocycles. The second-order valence-corrected chi connectivity index (χ2v) is 13.3. The minimum absolute atomic E-state index is 0.600. The van der Waals surface area contributed by atoms with Gasteiger partial charge in [-0.05, 0) is 68.1 Å². The summed E-state index contributed by atoms with van der Waals surface area (Å²) in [6, 6.07) is 65.6. The monoisotopic (exact) mass is 636 g/mol. The van der Waals surface area contributed by atoms with Crippen LogP contribution in [-0.4, -0.2) is 9.97 Å². The first-order chi connectivity index (χ1) is 24.8. The third-order valence-corrected chi connectivity index (χ3v) is 10.5. The van der Waals surface area contributed by atoms with E-state index in [1.165, 1.54) is 55.6 Å². The van der Waals surface area contributed by atoms with Crippen LogP contribution in [0.2, 0.25) is 0 Å². The van der Waals surface area contributed by atoms with Gasteiger partial charge in [0.05, 0.1) is 16.8 Å². The molecule has 0 bridgehead atoms. The van der Waals surface area contributed by atoms with E-state index in [0.29, 0.717) is 0 Å². The Morgan fingerprint density at radius 2 is 0.920 bits per heavy atom. The van der Waals surface area contributed by atoms with E-state index in [4.69, 9.17) is 9.97 Å². The Balaban J connectivity index is 1.23. The number of aromatic nitrogens is 2. The summed E-state index contributed by atoms with van der Waals surface area (Å²) in [6.45, 7) is 0. The van der Waals surface area contributed by atoms with Gasteiger partial charge in [-0.2, -0.15) is 0 Å². The SMILES string of the molecule is c1ccc(Cc2ccc(-c3ccc4c(c3)C3(c5ccccc5-4)c4ccccc4-c4c(-c5ccccc5)nc(-c5ccccc5)nc43)cc2)cc1. The van der Waals surface area contributed by atoms with Crippen LogP contribution in [0.15, 0.2) is 182 Å². The van der Waals surface area contributed by atoms with Crippen molar-refractivity contribution >= 4 is 0 Å². The molecule has 0 radical (unpaired) electrons. The molecule has 0 aliphatic heterocycles. The van der Waals surface area contributed by atoms with Crippen molar-refractivity contribution in [2.75, 3.05) is 0 Å². The number of hydrogen-bond donors (Lipinski definition) is 0. The Labute approximate surface area is 292 Å². The lowest BCUT2D eigenvalue weighted by Crippen LogP contribution is -2.27. The fraction of sp³-hybridized carbons (Fsp3) is 0.0417. The van der Waals surface area contributed by atoms with E-state index in [2.05, 4.69) is 176 Å². The minimum Gasteiger partial charge on any atom is -0.231 e. The molecule has 234 valence electrons. The second kappa shape index (κ2) is 11.4. The zero-order chi connectivity index (χ0) is 33.1. The van der Waals surface area contributed by atoms with Crippen LogP contribution in [-0.2, 0) is 11.8 Å². The fourth-order valence-electron chi connectivity index (χ4n) is 8.32. The molecule has 1 aromatic heterocycles. The lowest BCUT2D eigenvalue weighted by atomic mass is 9.72. The van der Waals surface area contributed by atoms with Crippen LogP contribution in [0, 0.1) is 0 Å². The third-order valence-electron chi connectivity index (χ3n) is 10.5. The van der Waals surface area contributed by atoms with Crippen molar-refractivity contribution in [1.29, 1.82) is 0 Å². The molecule has 2 aliphatic carbocycles. The molecule has 2 nitrogen and oxygen atoms in total. The molecule has 0 fully saturated rings. The summed E-state index contributed by atoms with van der Waals surface area (Å²) in [4.78, 5) is 10.9. The molecular formula is C48H32N2. The largest absolute Gasteiger partial charge is 0.231 e.